The zero-order valence-corrected chi connectivity index (χ0v) is 13.2. The van der Waals surface area contributed by atoms with E-state index in [4.69, 9.17) is 16.3 Å². The molecule has 122 valence electrons. The Kier molecular flexibility index (Phi) is 4.39. The van der Waals surface area contributed by atoms with Gasteiger partial charge in [-0.3, -0.25) is 4.79 Å². The van der Waals surface area contributed by atoms with Gasteiger partial charge in [-0.1, -0.05) is 11.6 Å². The van der Waals surface area contributed by atoms with E-state index >= 15 is 0 Å². The van der Waals surface area contributed by atoms with Crippen LogP contribution in [0.3, 0.4) is 0 Å². The van der Waals surface area contributed by atoms with Crippen molar-refractivity contribution in [2.45, 2.75) is 0 Å². The van der Waals surface area contributed by atoms with E-state index in [0.717, 1.165) is 4.80 Å². The number of nitrogens with zero attached hydrogens (tertiary/aromatic N) is 4. The molecule has 0 fully saturated rings. The molecule has 0 unspecified atom stereocenters. The molecule has 3 rings (SSSR count). The monoisotopic (exact) mass is 347 g/mol. The Bertz CT molecular complexity index is 882. The minimum atomic E-state index is -0.580. The van der Waals surface area contributed by atoms with Crippen LogP contribution in [-0.4, -0.2) is 33.2 Å². The van der Waals surface area contributed by atoms with Crippen molar-refractivity contribution in [1.29, 1.82) is 0 Å². The molecule has 1 N–H and O–H groups in total. The third-order valence-corrected chi connectivity index (χ3v) is 3.32. The molecule has 0 bridgehead atoms. The predicted octanol–water partition coefficient (Wildman–Crippen LogP) is 2.72. The lowest BCUT2D eigenvalue weighted by molar-refractivity contribution is 0.101. The van der Waals surface area contributed by atoms with E-state index in [9.17, 15) is 9.18 Å². The molecule has 7 nitrogen and oxygen atoms in total. The van der Waals surface area contributed by atoms with E-state index in [1.807, 2.05) is 0 Å². The number of hydrogen-bond donors (Lipinski definition) is 1. The predicted molar refractivity (Wildman–Crippen MR) is 85.1 cm³/mol. The lowest BCUT2D eigenvalue weighted by atomic mass is 10.3. The second-order valence-electron chi connectivity index (χ2n) is 4.68. The molecule has 1 aromatic heterocycles. The van der Waals surface area contributed by atoms with Gasteiger partial charge in [0, 0.05) is 5.02 Å². The van der Waals surface area contributed by atoms with E-state index < -0.39 is 5.91 Å². The number of anilines is 1. The number of nitrogens with one attached hydrogen (secondary N) is 1. The van der Waals surface area contributed by atoms with Crippen molar-refractivity contribution in [3.63, 3.8) is 0 Å². The number of carbonyl (C=O) groups excluding carboxylic acids is 1. The van der Waals surface area contributed by atoms with Crippen LogP contribution in [0.5, 0.6) is 5.75 Å². The number of carbonyl (C=O) groups is 1. The van der Waals surface area contributed by atoms with Crippen molar-refractivity contribution < 1.29 is 13.9 Å². The average Bonchev–Trinajstić information content (AvgIpc) is 3.06. The van der Waals surface area contributed by atoms with Crippen LogP contribution >= 0.6 is 11.6 Å². The number of methoxy groups -OCH3 is 1. The molecule has 0 spiro atoms. The fraction of sp³-hybridized carbons (Fsp3) is 0.0667. The second kappa shape index (κ2) is 6.63. The van der Waals surface area contributed by atoms with Gasteiger partial charge in [0.15, 0.2) is 0 Å². The normalized spacial score (nSPS) is 10.5. The molecule has 2 aromatic carbocycles. The highest BCUT2D eigenvalue weighted by atomic mass is 35.5. The molecule has 1 amide bonds. The van der Waals surface area contributed by atoms with Crippen molar-refractivity contribution in [1.82, 2.24) is 20.2 Å². The van der Waals surface area contributed by atoms with Gasteiger partial charge in [-0.05, 0) is 47.7 Å². The number of aromatic nitrogens is 4. The van der Waals surface area contributed by atoms with Gasteiger partial charge >= 0.3 is 0 Å². The van der Waals surface area contributed by atoms with E-state index in [1.165, 1.54) is 31.4 Å². The molecule has 1 heterocycles. The summed E-state index contributed by atoms with van der Waals surface area (Å²) in [5.74, 6) is -0.672. The standard InChI is InChI=1S/C15H11ClFN5O2/c1-24-13-7-2-9(16)8-12(13)18-15(23)14-19-21-22(20-14)11-5-3-10(17)4-6-11/h2-8H,1H3,(H,18,23). The van der Waals surface area contributed by atoms with Crippen LogP contribution < -0.4 is 10.1 Å². The third kappa shape index (κ3) is 3.33. The molecule has 0 aliphatic carbocycles. The first kappa shape index (κ1) is 15.9. The summed E-state index contributed by atoms with van der Waals surface area (Å²) < 4.78 is 18.1. The number of amides is 1. The summed E-state index contributed by atoms with van der Waals surface area (Å²) in [6.45, 7) is 0. The average molecular weight is 348 g/mol. The molecule has 0 saturated heterocycles. The van der Waals surface area contributed by atoms with Crippen LogP contribution in [0.1, 0.15) is 10.6 Å². The second-order valence-corrected chi connectivity index (χ2v) is 5.11. The topological polar surface area (TPSA) is 81.9 Å². The molecule has 24 heavy (non-hydrogen) atoms. The van der Waals surface area contributed by atoms with Gasteiger partial charge in [0.1, 0.15) is 11.6 Å². The smallest absolute Gasteiger partial charge is 0.297 e. The van der Waals surface area contributed by atoms with E-state index in [1.54, 1.807) is 18.2 Å². The summed E-state index contributed by atoms with van der Waals surface area (Å²) in [4.78, 5) is 13.4. The summed E-state index contributed by atoms with van der Waals surface area (Å²) in [6.07, 6.45) is 0. The molecular weight excluding hydrogens is 337 g/mol. The van der Waals surface area contributed by atoms with E-state index in [2.05, 4.69) is 20.7 Å². The van der Waals surface area contributed by atoms with Crippen molar-refractivity contribution in [2.75, 3.05) is 12.4 Å². The van der Waals surface area contributed by atoms with Crippen molar-refractivity contribution in [3.05, 3.63) is 59.1 Å². The maximum Gasteiger partial charge on any atom is 0.297 e. The number of rotatable bonds is 4. The fourth-order valence-corrected chi connectivity index (χ4v) is 2.12. The van der Waals surface area contributed by atoms with Gasteiger partial charge in [-0.2, -0.15) is 0 Å². The van der Waals surface area contributed by atoms with E-state index in [0.29, 0.717) is 22.1 Å². The Morgan fingerprint density at radius 1 is 1.25 bits per heavy atom. The Balaban J connectivity index is 1.81. The summed E-state index contributed by atoms with van der Waals surface area (Å²) in [5.41, 5.74) is 0.858. The van der Waals surface area contributed by atoms with Gasteiger partial charge in [0.25, 0.3) is 11.7 Å². The van der Waals surface area contributed by atoms with Crippen molar-refractivity contribution in [2.24, 2.45) is 0 Å². The molecule has 0 saturated carbocycles. The lowest BCUT2D eigenvalue weighted by Crippen LogP contribution is -2.15. The number of benzene rings is 2. The molecule has 0 atom stereocenters. The Hall–Kier alpha value is -3.00. The molecule has 3 aromatic rings. The first-order chi connectivity index (χ1) is 11.6. The third-order valence-electron chi connectivity index (χ3n) is 3.08. The van der Waals surface area contributed by atoms with Gasteiger partial charge < -0.3 is 10.1 Å². The lowest BCUT2D eigenvalue weighted by Gasteiger charge is -2.08. The quantitative estimate of drug-likeness (QED) is 0.784. The molecule has 0 aliphatic rings. The van der Waals surface area contributed by atoms with Crippen LogP contribution in [0.15, 0.2) is 42.5 Å². The maximum atomic E-state index is 12.9. The van der Waals surface area contributed by atoms with Crippen molar-refractivity contribution in [3.8, 4) is 11.4 Å². The highest BCUT2D eigenvalue weighted by molar-refractivity contribution is 6.31. The highest BCUT2D eigenvalue weighted by Crippen LogP contribution is 2.27. The number of halogens is 2. The van der Waals surface area contributed by atoms with Crippen LogP contribution in [0.2, 0.25) is 5.02 Å². The number of ether oxygens (including phenoxy) is 1. The zero-order chi connectivity index (χ0) is 17.1. The summed E-state index contributed by atoms with van der Waals surface area (Å²) in [5, 5.41) is 14.5. The summed E-state index contributed by atoms with van der Waals surface area (Å²) >= 11 is 5.91. The Morgan fingerprint density at radius 2 is 2.00 bits per heavy atom. The first-order valence-electron chi connectivity index (χ1n) is 6.77. The van der Waals surface area contributed by atoms with Gasteiger partial charge in [0.2, 0.25) is 0 Å². The van der Waals surface area contributed by atoms with Crippen molar-refractivity contribution >= 4 is 23.2 Å². The number of tetrazole rings is 1. The maximum absolute atomic E-state index is 12.9. The van der Waals surface area contributed by atoms with E-state index in [-0.39, 0.29) is 11.6 Å². The van der Waals surface area contributed by atoms with Gasteiger partial charge in [0.05, 0.1) is 18.5 Å². The minimum absolute atomic E-state index is 0.152. The number of hydrogen-bond acceptors (Lipinski definition) is 5. The molecule has 9 heteroatoms. The fourth-order valence-electron chi connectivity index (χ4n) is 1.95. The minimum Gasteiger partial charge on any atom is -0.495 e. The zero-order valence-electron chi connectivity index (χ0n) is 12.4. The van der Waals surface area contributed by atoms with Crippen LogP contribution in [0.4, 0.5) is 10.1 Å². The highest BCUT2D eigenvalue weighted by Gasteiger charge is 2.16. The summed E-state index contributed by atoms with van der Waals surface area (Å²) in [7, 11) is 1.47. The van der Waals surface area contributed by atoms with Crippen LogP contribution in [0.25, 0.3) is 5.69 Å². The van der Waals surface area contributed by atoms with Crippen LogP contribution in [0, 0.1) is 5.82 Å². The van der Waals surface area contributed by atoms with Crippen LogP contribution in [-0.2, 0) is 0 Å². The molecule has 0 radical (unpaired) electrons. The molecular formula is C15H11ClFN5O2. The SMILES string of the molecule is COc1ccc(Cl)cc1NC(=O)c1nnn(-c2ccc(F)cc2)n1. The molecule has 0 aliphatic heterocycles. The van der Waals surface area contributed by atoms with Gasteiger partial charge in [-0.25, -0.2) is 4.39 Å². The Labute approximate surface area is 141 Å². The summed E-state index contributed by atoms with van der Waals surface area (Å²) in [6, 6.07) is 10.3. The van der Waals surface area contributed by atoms with Gasteiger partial charge in [-0.15, -0.1) is 15.0 Å². The largest absolute Gasteiger partial charge is 0.495 e. The first-order valence-corrected chi connectivity index (χ1v) is 7.15. The Morgan fingerprint density at radius 3 is 2.71 bits per heavy atom.